The molecule has 125 valence electrons. The lowest BCUT2D eigenvalue weighted by Gasteiger charge is -2.09. The number of rotatable bonds is 5. The molecule has 0 unspecified atom stereocenters. The summed E-state index contributed by atoms with van der Waals surface area (Å²) in [5.41, 5.74) is 2.04. The molecular formula is C24H17O2. The maximum Gasteiger partial charge on any atom is 0.128 e. The fourth-order valence-corrected chi connectivity index (χ4v) is 2.63. The molecule has 0 aliphatic rings. The standard InChI is InChI=1S/C24H17O2/c1-3-9-21(10-4-1)25-23-16-14-19(15-17-23)20-8-7-13-24(18-20)26-22-11-5-2-6-12-22/h1-7,9-18H. The monoisotopic (exact) mass is 337 g/mol. The summed E-state index contributed by atoms with van der Waals surface area (Å²) in [6, 6.07) is 36.5. The summed E-state index contributed by atoms with van der Waals surface area (Å²) in [5, 5.41) is 0. The van der Waals surface area contributed by atoms with Crippen LogP contribution in [0.2, 0.25) is 0 Å². The van der Waals surface area contributed by atoms with E-state index in [2.05, 4.69) is 6.07 Å². The van der Waals surface area contributed by atoms with E-state index in [0.29, 0.717) is 0 Å². The molecule has 4 aromatic carbocycles. The van der Waals surface area contributed by atoms with Crippen molar-refractivity contribution >= 4 is 0 Å². The molecule has 0 aromatic heterocycles. The first-order chi connectivity index (χ1) is 12.9. The van der Waals surface area contributed by atoms with Crippen molar-refractivity contribution in [3.8, 4) is 34.1 Å². The van der Waals surface area contributed by atoms with Gasteiger partial charge in [-0.1, -0.05) is 54.6 Å². The van der Waals surface area contributed by atoms with Crippen molar-refractivity contribution < 1.29 is 9.47 Å². The molecule has 0 atom stereocenters. The molecule has 0 spiro atoms. The maximum atomic E-state index is 5.90. The third-order valence-corrected chi connectivity index (χ3v) is 3.90. The van der Waals surface area contributed by atoms with Gasteiger partial charge in [0.05, 0.1) is 0 Å². The van der Waals surface area contributed by atoms with Crippen molar-refractivity contribution in [3.63, 3.8) is 0 Å². The van der Waals surface area contributed by atoms with Crippen molar-refractivity contribution in [1.29, 1.82) is 0 Å². The fourth-order valence-electron chi connectivity index (χ4n) is 2.63. The van der Waals surface area contributed by atoms with E-state index in [0.717, 1.165) is 34.1 Å². The Labute approximate surface area is 153 Å². The Kier molecular flexibility index (Phi) is 4.66. The van der Waals surface area contributed by atoms with Gasteiger partial charge in [-0.2, -0.15) is 0 Å². The van der Waals surface area contributed by atoms with Gasteiger partial charge in [0.15, 0.2) is 0 Å². The predicted octanol–water partition coefficient (Wildman–Crippen LogP) is 6.74. The minimum Gasteiger partial charge on any atom is -0.457 e. The summed E-state index contributed by atoms with van der Waals surface area (Å²) >= 11 is 0. The molecule has 1 radical (unpaired) electrons. The lowest BCUT2D eigenvalue weighted by Crippen LogP contribution is -1.86. The second kappa shape index (κ2) is 7.58. The predicted molar refractivity (Wildman–Crippen MR) is 104 cm³/mol. The largest absolute Gasteiger partial charge is 0.457 e. The first kappa shape index (κ1) is 16.0. The molecule has 0 aliphatic heterocycles. The second-order valence-electron chi connectivity index (χ2n) is 5.79. The molecule has 0 amide bonds. The average molecular weight is 337 g/mol. The van der Waals surface area contributed by atoms with Crippen LogP contribution < -0.4 is 9.47 Å². The minimum atomic E-state index is 0.787. The molecule has 2 heteroatoms. The Bertz CT molecular complexity index is 962. The molecule has 2 nitrogen and oxygen atoms in total. The van der Waals surface area contributed by atoms with Crippen LogP contribution >= 0.6 is 0 Å². The lowest BCUT2D eigenvalue weighted by molar-refractivity contribution is 0.482. The van der Waals surface area contributed by atoms with Gasteiger partial charge >= 0.3 is 0 Å². The Balaban J connectivity index is 1.51. The molecule has 26 heavy (non-hydrogen) atoms. The van der Waals surface area contributed by atoms with Crippen molar-refractivity contribution in [2.24, 2.45) is 0 Å². The molecule has 0 heterocycles. The highest BCUT2D eigenvalue weighted by Crippen LogP contribution is 2.29. The van der Waals surface area contributed by atoms with Crippen LogP contribution in [0.4, 0.5) is 0 Å². The van der Waals surface area contributed by atoms with Gasteiger partial charge in [0, 0.05) is 0 Å². The number of benzene rings is 4. The van der Waals surface area contributed by atoms with Crippen LogP contribution in [0.15, 0.2) is 103 Å². The molecule has 0 saturated carbocycles. The summed E-state index contributed by atoms with van der Waals surface area (Å²) in [6.45, 7) is 0. The lowest BCUT2D eigenvalue weighted by atomic mass is 10.1. The summed E-state index contributed by atoms with van der Waals surface area (Å²) in [6.07, 6.45) is 0. The highest BCUT2D eigenvalue weighted by Gasteiger charge is 2.03. The Morgan fingerprint density at radius 2 is 1.04 bits per heavy atom. The van der Waals surface area contributed by atoms with E-state index < -0.39 is 0 Å². The topological polar surface area (TPSA) is 18.5 Å². The molecule has 0 N–H and O–H groups in total. The van der Waals surface area contributed by atoms with E-state index >= 15 is 0 Å². The minimum absolute atomic E-state index is 0.787. The van der Waals surface area contributed by atoms with Crippen molar-refractivity contribution in [2.75, 3.05) is 0 Å². The second-order valence-corrected chi connectivity index (χ2v) is 5.79. The van der Waals surface area contributed by atoms with Gasteiger partial charge < -0.3 is 9.47 Å². The zero-order valence-electron chi connectivity index (χ0n) is 14.1. The molecule has 0 aliphatic carbocycles. The summed E-state index contributed by atoms with van der Waals surface area (Å²) in [5.74, 6) is 3.23. The van der Waals surface area contributed by atoms with Crippen LogP contribution in [0.5, 0.6) is 23.0 Å². The van der Waals surface area contributed by atoms with E-state index in [1.165, 1.54) is 0 Å². The zero-order valence-corrected chi connectivity index (χ0v) is 14.1. The van der Waals surface area contributed by atoms with Gasteiger partial charge in [-0.05, 0) is 65.7 Å². The molecule has 0 saturated heterocycles. The quantitative estimate of drug-likeness (QED) is 0.401. The zero-order chi connectivity index (χ0) is 17.6. The van der Waals surface area contributed by atoms with Crippen LogP contribution in [0.25, 0.3) is 11.1 Å². The third-order valence-electron chi connectivity index (χ3n) is 3.90. The van der Waals surface area contributed by atoms with Crippen molar-refractivity contribution in [3.05, 3.63) is 109 Å². The number of ether oxygens (including phenoxy) is 2. The molecule has 4 rings (SSSR count). The van der Waals surface area contributed by atoms with Crippen LogP contribution in [-0.4, -0.2) is 0 Å². The molecule has 0 bridgehead atoms. The van der Waals surface area contributed by atoms with Crippen LogP contribution in [0, 0.1) is 6.07 Å². The number of para-hydroxylation sites is 2. The van der Waals surface area contributed by atoms with Gasteiger partial charge in [0.1, 0.15) is 23.0 Å². The molecule has 0 fully saturated rings. The first-order valence-electron chi connectivity index (χ1n) is 8.45. The molecule has 4 aromatic rings. The smallest absolute Gasteiger partial charge is 0.128 e. The van der Waals surface area contributed by atoms with Gasteiger partial charge in [-0.15, -0.1) is 0 Å². The van der Waals surface area contributed by atoms with E-state index in [9.17, 15) is 0 Å². The summed E-state index contributed by atoms with van der Waals surface area (Å²) in [7, 11) is 0. The van der Waals surface area contributed by atoms with Crippen LogP contribution in [0.3, 0.4) is 0 Å². The van der Waals surface area contributed by atoms with E-state index in [4.69, 9.17) is 9.47 Å². The van der Waals surface area contributed by atoms with Crippen molar-refractivity contribution in [1.82, 2.24) is 0 Å². The van der Waals surface area contributed by atoms with Gasteiger partial charge in [-0.3, -0.25) is 0 Å². The van der Waals surface area contributed by atoms with Crippen molar-refractivity contribution in [2.45, 2.75) is 0 Å². The SMILES string of the molecule is [c]1ccc(Oc2ccccc2)cc1-c1ccc(Oc2ccccc2)cc1. The normalized spacial score (nSPS) is 10.3. The highest BCUT2D eigenvalue weighted by atomic mass is 16.5. The average Bonchev–Trinajstić information content (AvgIpc) is 2.70. The number of hydrogen-bond donors (Lipinski definition) is 0. The Morgan fingerprint density at radius 1 is 0.500 bits per heavy atom. The van der Waals surface area contributed by atoms with Gasteiger partial charge in [-0.25, -0.2) is 0 Å². The van der Waals surface area contributed by atoms with Gasteiger partial charge in [0.25, 0.3) is 0 Å². The third kappa shape index (κ3) is 3.93. The van der Waals surface area contributed by atoms with E-state index in [-0.39, 0.29) is 0 Å². The van der Waals surface area contributed by atoms with Crippen LogP contribution in [0.1, 0.15) is 0 Å². The summed E-state index contributed by atoms with van der Waals surface area (Å²) < 4.78 is 11.7. The van der Waals surface area contributed by atoms with E-state index in [1.807, 2.05) is 103 Å². The van der Waals surface area contributed by atoms with E-state index in [1.54, 1.807) is 0 Å². The molecular weight excluding hydrogens is 320 g/mol. The van der Waals surface area contributed by atoms with Crippen LogP contribution in [-0.2, 0) is 0 Å². The Hall–Kier alpha value is -3.52. The number of hydrogen-bond acceptors (Lipinski definition) is 2. The Morgan fingerprint density at radius 3 is 1.65 bits per heavy atom. The first-order valence-corrected chi connectivity index (χ1v) is 8.45. The highest BCUT2D eigenvalue weighted by molar-refractivity contribution is 5.65. The summed E-state index contributed by atoms with van der Waals surface area (Å²) in [4.78, 5) is 0. The maximum absolute atomic E-state index is 5.90. The fraction of sp³-hybridized carbons (Fsp3) is 0. The van der Waals surface area contributed by atoms with Gasteiger partial charge in [0.2, 0.25) is 0 Å².